The van der Waals surface area contributed by atoms with Crippen LogP contribution in [0.4, 0.5) is 0 Å². The lowest BCUT2D eigenvalue weighted by atomic mass is 10.1. The van der Waals surface area contributed by atoms with Crippen LogP contribution in [-0.2, 0) is 12.3 Å². The standard InChI is InChI=1S/C24H17ClN4O2S2/c1-2-10-29-23(31)16-9-8-15(25)11-18(16)26-24(29)33-13-19-27-21(30)20-17(12-32-22(20)28-19)14-6-4-3-5-7-14/h2-9,11-12H,1,10,13H2,(H,27,28,30). The fourth-order valence-corrected chi connectivity index (χ4v) is 5.61. The molecule has 33 heavy (non-hydrogen) atoms. The van der Waals surface area contributed by atoms with Crippen LogP contribution in [0, 0.1) is 0 Å². The van der Waals surface area contributed by atoms with Crippen LogP contribution in [0.2, 0.25) is 5.02 Å². The monoisotopic (exact) mass is 492 g/mol. The van der Waals surface area contributed by atoms with Crippen LogP contribution in [0.1, 0.15) is 5.82 Å². The Kier molecular flexibility index (Phi) is 5.88. The van der Waals surface area contributed by atoms with E-state index < -0.39 is 0 Å². The predicted octanol–water partition coefficient (Wildman–Crippen LogP) is 5.49. The molecule has 0 aliphatic heterocycles. The number of halogens is 1. The Morgan fingerprint density at radius 1 is 1.15 bits per heavy atom. The predicted molar refractivity (Wildman–Crippen MR) is 136 cm³/mol. The Hall–Kier alpha value is -3.20. The second-order valence-corrected chi connectivity index (χ2v) is 9.49. The molecule has 9 heteroatoms. The molecule has 0 amide bonds. The molecular formula is C24H17ClN4O2S2. The first-order valence-corrected chi connectivity index (χ1v) is 12.3. The normalized spacial score (nSPS) is 11.3. The molecule has 0 atom stereocenters. The highest BCUT2D eigenvalue weighted by Gasteiger charge is 2.15. The highest BCUT2D eigenvalue weighted by Crippen LogP contribution is 2.31. The fraction of sp³-hybridized carbons (Fsp3) is 0.0833. The van der Waals surface area contributed by atoms with Crippen molar-refractivity contribution in [1.29, 1.82) is 0 Å². The van der Waals surface area contributed by atoms with Crippen molar-refractivity contribution in [3.8, 4) is 11.1 Å². The Labute approximate surface area is 201 Å². The molecule has 0 aliphatic carbocycles. The molecule has 3 aromatic heterocycles. The van der Waals surface area contributed by atoms with Gasteiger partial charge in [0.05, 0.1) is 22.0 Å². The van der Waals surface area contributed by atoms with Crippen molar-refractivity contribution in [2.75, 3.05) is 0 Å². The molecule has 6 nitrogen and oxygen atoms in total. The number of thiophene rings is 1. The van der Waals surface area contributed by atoms with E-state index in [9.17, 15) is 9.59 Å². The molecule has 5 aromatic rings. The number of aromatic nitrogens is 4. The summed E-state index contributed by atoms with van der Waals surface area (Å²) in [6, 6.07) is 14.8. The highest BCUT2D eigenvalue weighted by atomic mass is 35.5. The number of allylic oxidation sites excluding steroid dienone is 1. The van der Waals surface area contributed by atoms with E-state index >= 15 is 0 Å². The van der Waals surface area contributed by atoms with Crippen LogP contribution in [-0.4, -0.2) is 19.5 Å². The van der Waals surface area contributed by atoms with Gasteiger partial charge in [0.15, 0.2) is 5.16 Å². The molecule has 0 aliphatic rings. The summed E-state index contributed by atoms with van der Waals surface area (Å²) in [5, 5.41) is 4.05. The first-order chi connectivity index (χ1) is 16.0. The maximum atomic E-state index is 13.0. The number of aromatic amines is 1. The van der Waals surface area contributed by atoms with Gasteiger partial charge in [-0.15, -0.1) is 17.9 Å². The highest BCUT2D eigenvalue weighted by molar-refractivity contribution is 7.98. The van der Waals surface area contributed by atoms with Crippen molar-refractivity contribution < 1.29 is 0 Å². The first kappa shape index (κ1) is 21.6. The number of H-pyrrole nitrogens is 1. The quantitative estimate of drug-likeness (QED) is 0.192. The molecule has 164 valence electrons. The second-order valence-electron chi connectivity index (χ2n) is 7.26. The van der Waals surface area contributed by atoms with E-state index in [0.717, 1.165) is 11.1 Å². The summed E-state index contributed by atoms with van der Waals surface area (Å²) in [4.78, 5) is 38.7. The van der Waals surface area contributed by atoms with E-state index in [-0.39, 0.29) is 11.1 Å². The van der Waals surface area contributed by atoms with Crippen molar-refractivity contribution in [2.24, 2.45) is 0 Å². The number of nitrogens with zero attached hydrogens (tertiary/aromatic N) is 3. The lowest BCUT2D eigenvalue weighted by Gasteiger charge is -2.11. The van der Waals surface area contributed by atoms with Gasteiger partial charge in [-0.05, 0) is 23.8 Å². The van der Waals surface area contributed by atoms with Crippen LogP contribution < -0.4 is 11.1 Å². The summed E-state index contributed by atoms with van der Waals surface area (Å²) in [6.07, 6.45) is 1.65. The number of benzene rings is 2. The Balaban J connectivity index is 1.51. The number of rotatable bonds is 6. The van der Waals surface area contributed by atoms with Gasteiger partial charge in [0.2, 0.25) is 0 Å². The topological polar surface area (TPSA) is 80.6 Å². The molecule has 1 N–H and O–H groups in total. The third-order valence-corrected chi connectivity index (χ3v) is 7.20. The number of hydrogen-bond acceptors (Lipinski definition) is 6. The van der Waals surface area contributed by atoms with Gasteiger partial charge in [0.25, 0.3) is 11.1 Å². The van der Waals surface area contributed by atoms with Gasteiger partial charge in [-0.1, -0.05) is 59.8 Å². The SMILES string of the molecule is C=CCn1c(SCc2nc3scc(-c4ccccc4)c3c(=O)[nH]2)nc2cc(Cl)ccc2c1=O. The van der Waals surface area contributed by atoms with Gasteiger partial charge in [-0.25, -0.2) is 9.97 Å². The third-order valence-electron chi connectivity index (χ3n) is 5.11. The minimum Gasteiger partial charge on any atom is -0.309 e. The van der Waals surface area contributed by atoms with E-state index in [1.807, 2.05) is 35.7 Å². The van der Waals surface area contributed by atoms with Gasteiger partial charge >= 0.3 is 0 Å². The van der Waals surface area contributed by atoms with Crippen molar-refractivity contribution in [3.63, 3.8) is 0 Å². The molecule has 0 radical (unpaired) electrons. The summed E-state index contributed by atoms with van der Waals surface area (Å²) in [5.74, 6) is 0.865. The van der Waals surface area contributed by atoms with Crippen LogP contribution in [0.3, 0.4) is 0 Å². The van der Waals surface area contributed by atoms with Crippen molar-refractivity contribution >= 4 is 55.8 Å². The third kappa shape index (κ3) is 4.13. The Morgan fingerprint density at radius 3 is 2.76 bits per heavy atom. The summed E-state index contributed by atoms with van der Waals surface area (Å²) >= 11 is 8.86. The van der Waals surface area contributed by atoms with Crippen LogP contribution >= 0.6 is 34.7 Å². The van der Waals surface area contributed by atoms with E-state index in [1.54, 1.807) is 28.8 Å². The van der Waals surface area contributed by atoms with Crippen LogP contribution in [0.15, 0.2) is 81.3 Å². The minimum atomic E-state index is -0.183. The molecule has 2 aromatic carbocycles. The van der Waals surface area contributed by atoms with Crippen molar-refractivity contribution in [2.45, 2.75) is 17.5 Å². The number of nitrogens with one attached hydrogen (secondary N) is 1. The Bertz CT molecular complexity index is 1620. The molecular weight excluding hydrogens is 476 g/mol. The maximum absolute atomic E-state index is 13.0. The zero-order valence-electron chi connectivity index (χ0n) is 17.2. The van der Waals surface area contributed by atoms with Gasteiger partial charge in [-0.3, -0.25) is 14.2 Å². The van der Waals surface area contributed by atoms with E-state index in [2.05, 4.69) is 21.5 Å². The molecule has 3 heterocycles. The molecule has 0 unspecified atom stereocenters. The van der Waals surface area contributed by atoms with Crippen LogP contribution in [0.5, 0.6) is 0 Å². The summed E-state index contributed by atoms with van der Waals surface area (Å²) in [7, 11) is 0. The minimum absolute atomic E-state index is 0.165. The average molecular weight is 493 g/mol. The van der Waals surface area contributed by atoms with E-state index in [0.29, 0.717) is 49.4 Å². The molecule has 0 bridgehead atoms. The molecule has 0 spiro atoms. The van der Waals surface area contributed by atoms with Gasteiger partial charge in [-0.2, -0.15) is 0 Å². The lowest BCUT2D eigenvalue weighted by molar-refractivity contribution is 0.671. The molecule has 0 saturated carbocycles. The first-order valence-electron chi connectivity index (χ1n) is 10.0. The molecule has 0 fully saturated rings. The van der Waals surface area contributed by atoms with Gasteiger partial charge in [0, 0.05) is 22.5 Å². The molecule has 0 saturated heterocycles. The van der Waals surface area contributed by atoms with E-state index in [4.69, 9.17) is 11.6 Å². The molecule has 5 rings (SSSR count). The zero-order valence-corrected chi connectivity index (χ0v) is 19.6. The number of hydrogen-bond donors (Lipinski definition) is 1. The van der Waals surface area contributed by atoms with Crippen molar-refractivity contribution in [3.05, 3.63) is 98.1 Å². The Morgan fingerprint density at radius 2 is 1.97 bits per heavy atom. The second kappa shape index (κ2) is 8.97. The van der Waals surface area contributed by atoms with Crippen LogP contribution in [0.25, 0.3) is 32.2 Å². The fourth-order valence-electron chi connectivity index (χ4n) is 3.60. The summed E-state index contributed by atoms with van der Waals surface area (Å²) in [5.41, 5.74) is 2.03. The van der Waals surface area contributed by atoms with Crippen molar-refractivity contribution in [1.82, 2.24) is 19.5 Å². The average Bonchev–Trinajstić information content (AvgIpc) is 3.25. The lowest BCUT2D eigenvalue weighted by Crippen LogP contribution is -2.23. The maximum Gasteiger partial charge on any atom is 0.262 e. The van der Waals surface area contributed by atoms with Gasteiger partial charge < -0.3 is 4.98 Å². The number of thioether (sulfide) groups is 1. The number of fused-ring (bicyclic) bond motifs is 2. The smallest absolute Gasteiger partial charge is 0.262 e. The summed E-state index contributed by atoms with van der Waals surface area (Å²) in [6.45, 7) is 4.07. The van der Waals surface area contributed by atoms with Gasteiger partial charge in [0.1, 0.15) is 10.7 Å². The summed E-state index contributed by atoms with van der Waals surface area (Å²) < 4.78 is 1.56. The van der Waals surface area contributed by atoms with E-state index in [1.165, 1.54) is 23.1 Å². The zero-order chi connectivity index (χ0) is 22.9. The largest absolute Gasteiger partial charge is 0.309 e.